The molecule has 0 aromatic heterocycles. The van der Waals surface area contributed by atoms with Crippen molar-refractivity contribution in [2.75, 3.05) is 20.3 Å². The van der Waals surface area contributed by atoms with Crippen LogP contribution in [0.3, 0.4) is 0 Å². The van der Waals surface area contributed by atoms with Gasteiger partial charge in [-0.15, -0.1) is 0 Å². The van der Waals surface area contributed by atoms with Crippen molar-refractivity contribution in [1.29, 1.82) is 0 Å². The molecule has 0 bridgehead atoms. The molecule has 98 valence electrons. The minimum absolute atomic E-state index is 0.340. The van der Waals surface area contributed by atoms with E-state index >= 15 is 0 Å². The molecule has 0 radical (unpaired) electrons. The lowest BCUT2D eigenvalue weighted by Gasteiger charge is -2.05. The van der Waals surface area contributed by atoms with Crippen molar-refractivity contribution in [2.45, 2.75) is 32.6 Å². The molecule has 17 heavy (non-hydrogen) atoms. The van der Waals surface area contributed by atoms with E-state index in [0.29, 0.717) is 18.8 Å². The second kappa shape index (κ2) is 9.69. The Morgan fingerprint density at radius 1 is 1.06 bits per heavy atom. The first-order valence-corrected chi connectivity index (χ1v) is 5.75. The van der Waals surface area contributed by atoms with E-state index in [1.807, 2.05) is 0 Å². The third-order valence-electron chi connectivity index (χ3n) is 2.06. The monoisotopic (exact) mass is 243 g/mol. The molecule has 0 aliphatic rings. The lowest BCUT2D eigenvalue weighted by atomic mass is 10.2. The summed E-state index contributed by atoms with van der Waals surface area (Å²) in [5, 5.41) is 2.37. The van der Waals surface area contributed by atoms with Crippen LogP contribution in [-0.2, 0) is 14.3 Å². The molecule has 0 fully saturated rings. The molecular weight excluding hydrogens is 222 g/mol. The molecular formula is C12H21NO4. The molecule has 0 saturated heterocycles. The highest BCUT2D eigenvalue weighted by Crippen LogP contribution is 2.02. The van der Waals surface area contributed by atoms with Crippen molar-refractivity contribution in [2.24, 2.45) is 0 Å². The Morgan fingerprint density at radius 3 is 2.06 bits per heavy atom. The third kappa shape index (κ3) is 9.41. The topological polar surface area (TPSA) is 64.6 Å². The van der Waals surface area contributed by atoms with Crippen molar-refractivity contribution < 1.29 is 19.1 Å². The number of carbonyl (C=O) groups excluding carboxylic acids is 2. The Labute approximate surface area is 102 Å². The van der Waals surface area contributed by atoms with E-state index in [1.165, 1.54) is 7.05 Å². The maximum atomic E-state index is 11.0. The molecule has 0 aliphatic heterocycles. The minimum atomic E-state index is -0.402. The number of nitrogens with one attached hydrogen (secondary N) is 1. The molecule has 0 atom stereocenters. The first-order valence-electron chi connectivity index (χ1n) is 5.75. The molecule has 0 spiro atoms. The molecule has 0 unspecified atom stereocenters. The molecule has 1 amide bonds. The molecule has 1 N–H and O–H groups in total. The van der Waals surface area contributed by atoms with E-state index < -0.39 is 6.09 Å². The van der Waals surface area contributed by atoms with Crippen LogP contribution in [-0.4, -0.2) is 32.3 Å². The van der Waals surface area contributed by atoms with Crippen LogP contribution in [0.25, 0.3) is 0 Å². The summed E-state index contributed by atoms with van der Waals surface area (Å²) >= 11 is 0. The van der Waals surface area contributed by atoms with Crippen LogP contribution in [0.2, 0.25) is 0 Å². The normalized spacial score (nSPS) is 9.53. The molecule has 0 rings (SSSR count). The van der Waals surface area contributed by atoms with E-state index in [2.05, 4.69) is 11.9 Å². The average molecular weight is 243 g/mol. The Balaban J connectivity index is 3.22. The Morgan fingerprint density at radius 2 is 1.59 bits per heavy atom. The Bertz CT molecular complexity index is 263. The van der Waals surface area contributed by atoms with Gasteiger partial charge in [-0.2, -0.15) is 0 Å². The quantitative estimate of drug-likeness (QED) is 0.402. The number of ether oxygens (including phenoxy) is 2. The van der Waals surface area contributed by atoms with Crippen LogP contribution in [0.4, 0.5) is 4.79 Å². The summed E-state index contributed by atoms with van der Waals surface area (Å²) in [6.45, 7) is 5.95. The van der Waals surface area contributed by atoms with Crippen molar-refractivity contribution in [3.05, 3.63) is 12.2 Å². The summed E-state index contributed by atoms with van der Waals surface area (Å²) in [6, 6.07) is 0. The fraction of sp³-hybridized carbons (Fsp3) is 0.667. The highest BCUT2D eigenvalue weighted by atomic mass is 16.5. The number of alkyl carbamates (subject to hydrolysis) is 1. The van der Waals surface area contributed by atoms with Gasteiger partial charge in [-0.3, -0.25) is 0 Å². The van der Waals surface area contributed by atoms with Gasteiger partial charge in [0.05, 0.1) is 13.2 Å². The van der Waals surface area contributed by atoms with Gasteiger partial charge in [-0.05, 0) is 32.6 Å². The van der Waals surface area contributed by atoms with Crippen LogP contribution in [0, 0.1) is 0 Å². The zero-order chi connectivity index (χ0) is 13.1. The maximum absolute atomic E-state index is 11.0. The summed E-state index contributed by atoms with van der Waals surface area (Å²) in [5.74, 6) is -0.340. The lowest BCUT2D eigenvalue weighted by molar-refractivity contribution is -0.139. The van der Waals surface area contributed by atoms with E-state index in [9.17, 15) is 9.59 Å². The van der Waals surface area contributed by atoms with Gasteiger partial charge in [0.2, 0.25) is 0 Å². The van der Waals surface area contributed by atoms with Crippen molar-refractivity contribution in [1.82, 2.24) is 5.32 Å². The van der Waals surface area contributed by atoms with Crippen molar-refractivity contribution in [3.63, 3.8) is 0 Å². The summed E-state index contributed by atoms with van der Waals surface area (Å²) in [4.78, 5) is 21.7. The van der Waals surface area contributed by atoms with E-state index in [0.717, 1.165) is 25.7 Å². The zero-order valence-corrected chi connectivity index (χ0v) is 10.6. The van der Waals surface area contributed by atoms with Gasteiger partial charge in [0, 0.05) is 12.6 Å². The van der Waals surface area contributed by atoms with E-state index in [-0.39, 0.29) is 5.97 Å². The maximum Gasteiger partial charge on any atom is 0.406 e. The lowest BCUT2D eigenvalue weighted by Crippen LogP contribution is -2.19. The predicted molar refractivity (Wildman–Crippen MR) is 64.6 cm³/mol. The van der Waals surface area contributed by atoms with Crippen LogP contribution < -0.4 is 5.32 Å². The Hall–Kier alpha value is -1.52. The predicted octanol–water partition coefficient (Wildman–Crippen LogP) is 2.02. The molecule has 0 aliphatic carbocycles. The zero-order valence-electron chi connectivity index (χ0n) is 10.6. The first-order chi connectivity index (χ1) is 8.07. The number of hydrogen-bond donors (Lipinski definition) is 1. The number of rotatable bonds is 8. The van der Waals surface area contributed by atoms with Gasteiger partial charge in [0.25, 0.3) is 0 Å². The first kappa shape index (κ1) is 15.5. The second-order valence-electron chi connectivity index (χ2n) is 3.72. The number of esters is 1. The molecule has 5 nitrogen and oxygen atoms in total. The van der Waals surface area contributed by atoms with Crippen molar-refractivity contribution >= 4 is 12.1 Å². The van der Waals surface area contributed by atoms with E-state index in [1.54, 1.807) is 6.92 Å². The minimum Gasteiger partial charge on any atom is -0.462 e. The second-order valence-corrected chi connectivity index (χ2v) is 3.72. The van der Waals surface area contributed by atoms with Crippen LogP contribution in [0.1, 0.15) is 32.6 Å². The average Bonchev–Trinajstić information content (AvgIpc) is 2.31. The SMILES string of the molecule is C=C(C)C(=O)OCCCCCCOC(=O)NC. The highest BCUT2D eigenvalue weighted by molar-refractivity contribution is 5.86. The van der Waals surface area contributed by atoms with Gasteiger partial charge >= 0.3 is 12.1 Å². The van der Waals surface area contributed by atoms with Crippen LogP contribution in [0.15, 0.2) is 12.2 Å². The third-order valence-corrected chi connectivity index (χ3v) is 2.06. The summed E-state index contributed by atoms with van der Waals surface area (Å²) < 4.78 is 9.75. The summed E-state index contributed by atoms with van der Waals surface area (Å²) in [7, 11) is 1.53. The Kier molecular flexibility index (Phi) is 8.82. The molecule has 0 saturated carbocycles. The van der Waals surface area contributed by atoms with Gasteiger partial charge < -0.3 is 14.8 Å². The molecule has 5 heteroatoms. The van der Waals surface area contributed by atoms with Crippen molar-refractivity contribution in [3.8, 4) is 0 Å². The van der Waals surface area contributed by atoms with Gasteiger partial charge in [0.15, 0.2) is 0 Å². The number of carbonyl (C=O) groups is 2. The summed E-state index contributed by atoms with van der Waals surface area (Å²) in [5.41, 5.74) is 0.420. The smallest absolute Gasteiger partial charge is 0.406 e. The number of amides is 1. The van der Waals surface area contributed by atoms with E-state index in [4.69, 9.17) is 9.47 Å². The summed E-state index contributed by atoms with van der Waals surface area (Å²) in [6.07, 6.45) is 3.13. The van der Waals surface area contributed by atoms with Gasteiger partial charge in [0.1, 0.15) is 0 Å². The van der Waals surface area contributed by atoms with Crippen LogP contribution >= 0.6 is 0 Å². The fourth-order valence-electron chi connectivity index (χ4n) is 1.08. The standard InChI is InChI=1S/C12H21NO4/c1-10(2)11(14)16-8-6-4-5-7-9-17-12(15)13-3/h1,4-9H2,2-3H3,(H,13,15). The van der Waals surface area contributed by atoms with Gasteiger partial charge in [-0.25, -0.2) is 9.59 Å². The number of unbranched alkanes of at least 4 members (excludes halogenated alkanes) is 3. The highest BCUT2D eigenvalue weighted by Gasteiger charge is 2.02. The van der Waals surface area contributed by atoms with Gasteiger partial charge in [-0.1, -0.05) is 6.58 Å². The molecule has 0 heterocycles. The largest absolute Gasteiger partial charge is 0.462 e. The molecule has 0 aromatic carbocycles. The molecule has 0 aromatic rings. The fourth-order valence-corrected chi connectivity index (χ4v) is 1.08. The van der Waals surface area contributed by atoms with Crippen LogP contribution in [0.5, 0.6) is 0 Å². The number of hydrogen-bond acceptors (Lipinski definition) is 4.